The second-order valence-electron chi connectivity index (χ2n) is 3.55. The molecule has 1 aromatic heterocycles. The van der Waals surface area contributed by atoms with Crippen LogP contribution in [0.15, 0.2) is 30.6 Å². The van der Waals surface area contributed by atoms with Crippen molar-refractivity contribution in [2.24, 2.45) is 0 Å². The van der Waals surface area contributed by atoms with Gasteiger partial charge in [0.2, 0.25) is 0 Å². The number of nitrogens with one attached hydrogen (secondary N) is 2. The highest BCUT2D eigenvalue weighted by Crippen LogP contribution is 2.24. The Morgan fingerprint density at radius 3 is 2.83 bits per heavy atom. The summed E-state index contributed by atoms with van der Waals surface area (Å²) in [6, 6.07) is 4.74. The third-order valence-corrected chi connectivity index (χ3v) is 2.50. The van der Waals surface area contributed by atoms with Crippen molar-refractivity contribution in [2.75, 3.05) is 17.2 Å². The predicted molar refractivity (Wildman–Crippen MR) is 70.9 cm³/mol. The van der Waals surface area contributed by atoms with Gasteiger partial charge in [-0.3, -0.25) is 4.98 Å². The smallest absolute Gasteiger partial charge is 0.165 e. The van der Waals surface area contributed by atoms with Crippen LogP contribution in [0.4, 0.5) is 21.7 Å². The molecular formula is C12H12ClFN4. The van der Waals surface area contributed by atoms with Crippen molar-refractivity contribution in [1.82, 2.24) is 9.97 Å². The average molecular weight is 267 g/mol. The maximum absolute atomic E-state index is 13.7. The lowest BCUT2D eigenvalue weighted by Crippen LogP contribution is -2.03. The Hall–Kier alpha value is -1.88. The van der Waals surface area contributed by atoms with E-state index in [0.717, 1.165) is 6.54 Å². The van der Waals surface area contributed by atoms with Gasteiger partial charge in [0.1, 0.15) is 5.82 Å². The van der Waals surface area contributed by atoms with E-state index in [1.54, 1.807) is 18.3 Å². The normalized spacial score (nSPS) is 10.2. The van der Waals surface area contributed by atoms with Crippen molar-refractivity contribution in [2.45, 2.75) is 6.92 Å². The molecule has 1 heterocycles. The van der Waals surface area contributed by atoms with E-state index >= 15 is 0 Å². The highest BCUT2D eigenvalue weighted by molar-refractivity contribution is 6.31. The zero-order valence-corrected chi connectivity index (χ0v) is 10.5. The van der Waals surface area contributed by atoms with E-state index in [4.69, 9.17) is 11.6 Å². The van der Waals surface area contributed by atoms with E-state index in [1.165, 1.54) is 12.3 Å². The van der Waals surface area contributed by atoms with Crippen LogP contribution < -0.4 is 10.6 Å². The Bertz CT molecular complexity index is 547. The zero-order valence-electron chi connectivity index (χ0n) is 9.74. The minimum Gasteiger partial charge on any atom is -0.369 e. The molecule has 0 saturated carbocycles. The van der Waals surface area contributed by atoms with E-state index in [1.807, 2.05) is 6.92 Å². The van der Waals surface area contributed by atoms with Crippen LogP contribution in [0.2, 0.25) is 5.02 Å². The number of aromatic nitrogens is 2. The molecule has 94 valence electrons. The first-order chi connectivity index (χ1) is 8.70. The molecule has 0 aliphatic heterocycles. The molecule has 0 amide bonds. The summed E-state index contributed by atoms with van der Waals surface area (Å²) in [4.78, 5) is 8.24. The Kier molecular flexibility index (Phi) is 3.94. The molecule has 2 N–H and O–H groups in total. The third kappa shape index (κ3) is 2.87. The summed E-state index contributed by atoms with van der Waals surface area (Å²) in [6.45, 7) is 2.70. The first-order valence-corrected chi connectivity index (χ1v) is 5.85. The number of hydrogen-bond acceptors (Lipinski definition) is 4. The van der Waals surface area contributed by atoms with Crippen molar-refractivity contribution < 1.29 is 4.39 Å². The van der Waals surface area contributed by atoms with Crippen molar-refractivity contribution in [1.29, 1.82) is 0 Å². The summed E-state index contributed by atoms with van der Waals surface area (Å²) in [7, 11) is 0. The second kappa shape index (κ2) is 5.64. The van der Waals surface area contributed by atoms with Crippen LogP contribution in [0.25, 0.3) is 0 Å². The van der Waals surface area contributed by atoms with Gasteiger partial charge >= 0.3 is 0 Å². The Balaban J connectivity index is 2.23. The number of nitrogens with zero attached hydrogens (tertiary/aromatic N) is 2. The number of benzene rings is 1. The van der Waals surface area contributed by atoms with Gasteiger partial charge < -0.3 is 10.6 Å². The van der Waals surface area contributed by atoms with E-state index in [9.17, 15) is 4.39 Å². The fourth-order valence-corrected chi connectivity index (χ4v) is 1.61. The molecule has 0 unspecified atom stereocenters. The van der Waals surface area contributed by atoms with Crippen LogP contribution in [0.3, 0.4) is 0 Å². The van der Waals surface area contributed by atoms with Crippen molar-refractivity contribution in [3.05, 3.63) is 41.4 Å². The van der Waals surface area contributed by atoms with Crippen molar-refractivity contribution in [3.8, 4) is 0 Å². The summed E-state index contributed by atoms with van der Waals surface area (Å²) < 4.78 is 13.7. The largest absolute Gasteiger partial charge is 0.369 e. The molecule has 1 aromatic carbocycles. The van der Waals surface area contributed by atoms with Gasteiger partial charge in [0.25, 0.3) is 0 Å². The zero-order chi connectivity index (χ0) is 13.0. The Morgan fingerprint density at radius 2 is 2.06 bits per heavy atom. The van der Waals surface area contributed by atoms with Crippen LogP contribution in [0.5, 0.6) is 0 Å². The first-order valence-electron chi connectivity index (χ1n) is 5.47. The van der Waals surface area contributed by atoms with Crippen LogP contribution in [0, 0.1) is 5.82 Å². The van der Waals surface area contributed by atoms with Crippen molar-refractivity contribution in [3.63, 3.8) is 0 Å². The maximum Gasteiger partial charge on any atom is 0.165 e. The molecule has 0 saturated heterocycles. The Morgan fingerprint density at radius 1 is 1.28 bits per heavy atom. The van der Waals surface area contributed by atoms with E-state index in [0.29, 0.717) is 11.6 Å². The third-order valence-electron chi connectivity index (χ3n) is 2.21. The van der Waals surface area contributed by atoms with Gasteiger partial charge in [0.15, 0.2) is 11.6 Å². The minimum absolute atomic E-state index is 0.0656. The van der Waals surface area contributed by atoms with Gasteiger partial charge in [0.05, 0.1) is 23.1 Å². The summed E-state index contributed by atoms with van der Waals surface area (Å²) in [6.07, 6.45) is 3.12. The number of rotatable bonds is 4. The SMILES string of the molecule is CCNc1cncc(Nc2cccc(Cl)c2F)n1. The highest BCUT2D eigenvalue weighted by Gasteiger charge is 2.07. The topological polar surface area (TPSA) is 49.8 Å². The van der Waals surface area contributed by atoms with Gasteiger partial charge in [0, 0.05) is 6.54 Å². The standard InChI is InChI=1S/C12H12ClFN4/c1-2-16-10-6-15-7-11(18-10)17-9-5-3-4-8(13)12(9)14/h3-7H,2H2,1H3,(H2,16,17,18). The lowest BCUT2D eigenvalue weighted by Gasteiger charge is -2.08. The van der Waals surface area contributed by atoms with E-state index < -0.39 is 5.82 Å². The summed E-state index contributed by atoms with van der Waals surface area (Å²) in [5.41, 5.74) is 0.269. The molecule has 6 heteroatoms. The fourth-order valence-electron chi connectivity index (χ4n) is 1.43. The van der Waals surface area contributed by atoms with E-state index in [-0.39, 0.29) is 10.7 Å². The Labute approximate surface area is 109 Å². The molecule has 0 bridgehead atoms. The molecule has 2 aromatic rings. The lowest BCUT2D eigenvalue weighted by atomic mass is 10.3. The molecule has 0 radical (unpaired) electrons. The molecule has 0 aliphatic rings. The summed E-state index contributed by atoms with van der Waals surface area (Å²) >= 11 is 5.70. The molecule has 0 fully saturated rings. The molecule has 18 heavy (non-hydrogen) atoms. The van der Waals surface area contributed by atoms with Gasteiger partial charge in [-0.05, 0) is 19.1 Å². The van der Waals surface area contributed by atoms with Gasteiger partial charge in [-0.25, -0.2) is 9.37 Å². The van der Waals surface area contributed by atoms with Crippen LogP contribution in [-0.4, -0.2) is 16.5 Å². The summed E-state index contributed by atoms with van der Waals surface area (Å²) in [5, 5.41) is 5.93. The highest BCUT2D eigenvalue weighted by atomic mass is 35.5. The fraction of sp³-hybridized carbons (Fsp3) is 0.167. The van der Waals surface area contributed by atoms with Crippen LogP contribution in [0.1, 0.15) is 6.92 Å². The first kappa shape index (κ1) is 12.6. The molecule has 0 spiro atoms. The van der Waals surface area contributed by atoms with Crippen molar-refractivity contribution >= 4 is 28.9 Å². The molecule has 2 rings (SSSR count). The quantitative estimate of drug-likeness (QED) is 0.890. The maximum atomic E-state index is 13.7. The molecule has 4 nitrogen and oxygen atoms in total. The van der Waals surface area contributed by atoms with E-state index in [2.05, 4.69) is 20.6 Å². The average Bonchev–Trinajstić information content (AvgIpc) is 2.36. The molecule has 0 atom stereocenters. The lowest BCUT2D eigenvalue weighted by molar-refractivity contribution is 0.632. The monoisotopic (exact) mass is 266 g/mol. The van der Waals surface area contributed by atoms with Gasteiger partial charge in [-0.1, -0.05) is 17.7 Å². The number of halogens is 2. The number of anilines is 3. The minimum atomic E-state index is -0.505. The van der Waals surface area contributed by atoms with Crippen LogP contribution in [-0.2, 0) is 0 Å². The second-order valence-corrected chi connectivity index (χ2v) is 3.95. The van der Waals surface area contributed by atoms with Crippen LogP contribution >= 0.6 is 11.6 Å². The predicted octanol–water partition coefficient (Wildman–Crippen LogP) is 3.44. The molecular weight excluding hydrogens is 255 g/mol. The summed E-state index contributed by atoms with van der Waals surface area (Å²) in [5.74, 6) is 0.578. The van der Waals surface area contributed by atoms with Gasteiger partial charge in [-0.2, -0.15) is 0 Å². The van der Waals surface area contributed by atoms with Gasteiger partial charge in [-0.15, -0.1) is 0 Å². The number of hydrogen-bond donors (Lipinski definition) is 2. The molecule has 0 aliphatic carbocycles.